The molecule has 1 aromatic rings. The zero-order valence-electron chi connectivity index (χ0n) is 7.51. The van der Waals surface area contributed by atoms with Crippen LogP contribution in [0.4, 0.5) is 4.39 Å². The van der Waals surface area contributed by atoms with Crippen LogP contribution in [0.1, 0.15) is 35.7 Å². The molecule has 0 N–H and O–H groups in total. The molecule has 0 heterocycles. The van der Waals surface area contributed by atoms with Gasteiger partial charge in [0.2, 0.25) is 0 Å². The molecule has 0 radical (unpaired) electrons. The molecule has 68 valence electrons. The lowest BCUT2D eigenvalue weighted by atomic mass is 9.93. The quantitative estimate of drug-likeness (QED) is 0.636. The van der Waals surface area contributed by atoms with Gasteiger partial charge in [-0.2, -0.15) is 0 Å². The minimum Gasteiger partial charge on any atom is -0.298 e. The van der Waals surface area contributed by atoms with Crippen molar-refractivity contribution in [3.05, 3.63) is 35.1 Å². The Labute approximate surface area is 76.6 Å². The van der Waals surface area contributed by atoms with Crippen molar-refractivity contribution in [2.75, 3.05) is 0 Å². The molecule has 1 nitrogen and oxygen atoms in total. The highest BCUT2D eigenvalue weighted by molar-refractivity contribution is 5.78. The van der Waals surface area contributed by atoms with Crippen molar-refractivity contribution in [1.82, 2.24) is 0 Å². The van der Waals surface area contributed by atoms with E-state index in [9.17, 15) is 9.18 Å². The second kappa shape index (κ2) is 2.66. The highest BCUT2D eigenvalue weighted by Crippen LogP contribution is 2.49. The Hall–Kier alpha value is -1.18. The lowest BCUT2D eigenvalue weighted by Gasteiger charge is -2.12. The number of carbonyl (C=O) groups excluding carboxylic acids is 1. The van der Waals surface area contributed by atoms with Gasteiger partial charge in [0.05, 0.1) is 0 Å². The molecule has 1 aliphatic rings. The molecule has 0 aliphatic heterocycles. The normalized spacial score (nSPS) is 18.3. The standard InChI is InChI=1S/C11H11FO/c1-11(5-6-11)10-8(7-13)3-2-4-9(10)12/h2-4,7H,5-6H2,1H3. The predicted octanol–water partition coefficient (Wildman–Crippen LogP) is 2.69. The Morgan fingerprint density at radius 2 is 2.15 bits per heavy atom. The first-order valence-corrected chi connectivity index (χ1v) is 4.41. The van der Waals surface area contributed by atoms with Crippen LogP contribution in [0.25, 0.3) is 0 Å². The van der Waals surface area contributed by atoms with E-state index < -0.39 is 0 Å². The summed E-state index contributed by atoms with van der Waals surface area (Å²) in [6, 6.07) is 4.68. The molecule has 1 aliphatic carbocycles. The van der Waals surface area contributed by atoms with E-state index >= 15 is 0 Å². The summed E-state index contributed by atoms with van der Waals surface area (Å²) in [6.07, 6.45) is 2.70. The van der Waals surface area contributed by atoms with Gasteiger partial charge in [0, 0.05) is 11.1 Å². The monoisotopic (exact) mass is 178 g/mol. The van der Waals surface area contributed by atoms with Gasteiger partial charge in [-0.05, 0) is 24.3 Å². The van der Waals surface area contributed by atoms with E-state index in [-0.39, 0.29) is 11.2 Å². The Kier molecular flexibility index (Phi) is 1.72. The van der Waals surface area contributed by atoms with Crippen molar-refractivity contribution in [2.24, 2.45) is 0 Å². The molecule has 2 heteroatoms. The number of hydrogen-bond acceptors (Lipinski definition) is 1. The zero-order chi connectivity index (χ0) is 9.47. The van der Waals surface area contributed by atoms with E-state index in [0.29, 0.717) is 11.1 Å². The Morgan fingerprint density at radius 1 is 1.46 bits per heavy atom. The molecule has 2 rings (SSSR count). The fourth-order valence-corrected chi connectivity index (χ4v) is 1.71. The minimum absolute atomic E-state index is 0.0818. The van der Waals surface area contributed by atoms with Crippen LogP contribution in [0.2, 0.25) is 0 Å². The maximum Gasteiger partial charge on any atom is 0.150 e. The number of carbonyl (C=O) groups is 1. The number of aldehydes is 1. The molecule has 1 saturated carbocycles. The van der Waals surface area contributed by atoms with Crippen LogP contribution in [-0.4, -0.2) is 6.29 Å². The highest BCUT2D eigenvalue weighted by atomic mass is 19.1. The van der Waals surface area contributed by atoms with Gasteiger partial charge in [-0.1, -0.05) is 19.1 Å². The van der Waals surface area contributed by atoms with Gasteiger partial charge in [-0.3, -0.25) is 4.79 Å². The number of rotatable bonds is 2. The van der Waals surface area contributed by atoms with Crippen molar-refractivity contribution in [3.8, 4) is 0 Å². The maximum atomic E-state index is 13.4. The number of hydrogen-bond donors (Lipinski definition) is 0. The largest absolute Gasteiger partial charge is 0.298 e. The van der Waals surface area contributed by atoms with Crippen LogP contribution in [0.5, 0.6) is 0 Å². The fraction of sp³-hybridized carbons (Fsp3) is 0.364. The molecule has 0 bridgehead atoms. The molecule has 13 heavy (non-hydrogen) atoms. The average Bonchev–Trinajstić information content (AvgIpc) is 2.84. The molecule has 0 unspecified atom stereocenters. The lowest BCUT2D eigenvalue weighted by Crippen LogP contribution is -2.07. The first-order chi connectivity index (χ1) is 6.17. The third-order valence-electron chi connectivity index (χ3n) is 2.78. The SMILES string of the molecule is CC1(c2c(F)cccc2C=O)CC1. The van der Waals surface area contributed by atoms with Crippen molar-refractivity contribution in [1.29, 1.82) is 0 Å². The van der Waals surface area contributed by atoms with Crippen LogP contribution in [0.3, 0.4) is 0 Å². The Balaban J connectivity index is 2.58. The molecule has 0 saturated heterocycles. The third kappa shape index (κ3) is 1.26. The van der Waals surface area contributed by atoms with E-state index in [2.05, 4.69) is 0 Å². The predicted molar refractivity (Wildman–Crippen MR) is 48.4 cm³/mol. The lowest BCUT2D eigenvalue weighted by molar-refractivity contribution is 0.112. The average molecular weight is 178 g/mol. The van der Waals surface area contributed by atoms with Crippen LogP contribution in [0, 0.1) is 5.82 Å². The van der Waals surface area contributed by atoms with Crippen LogP contribution in [-0.2, 0) is 5.41 Å². The van der Waals surface area contributed by atoms with E-state index in [4.69, 9.17) is 0 Å². The van der Waals surface area contributed by atoms with Crippen LogP contribution in [0.15, 0.2) is 18.2 Å². The van der Waals surface area contributed by atoms with E-state index in [1.165, 1.54) is 6.07 Å². The van der Waals surface area contributed by atoms with Gasteiger partial charge in [0.15, 0.2) is 0 Å². The van der Waals surface area contributed by atoms with Crippen molar-refractivity contribution in [3.63, 3.8) is 0 Å². The molecule has 0 amide bonds. The topological polar surface area (TPSA) is 17.1 Å². The van der Waals surface area contributed by atoms with Gasteiger partial charge in [-0.25, -0.2) is 4.39 Å². The second-order valence-corrected chi connectivity index (χ2v) is 3.88. The van der Waals surface area contributed by atoms with Crippen molar-refractivity contribution in [2.45, 2.75) is 25.2 Å². The number of benzene rings is 1. The van der Waals surface area contributed by atoms with Crippen LogP contribution < -0.4 is 0 Å². The van der Waals surface area contributed by atoms with Crippen molar-refractivity contribution >= 4 is 6.29 Å². The van der Waals surface area contributed by atoms with E-state index in [1.54, 1.807) is 12.1 Å². The second-order valence-electron chi connectivity index (χ2n) is 3.88. The van der Waals surface area contributed by atoms with Gasteiger partial charge >= 0.3 is 0 Å². The molecular weight excluding hydrogens is 167 g/mol. The molecular formula is C11H11FO. The molecule has 0 aromatic heterocycles. The summed E-state index contributed by atoms with van der Waals surface area (Å²) in [5.41, 5.74) is 1.02. The molecule has 1 aromatic carbocycles. The summed E-state index contributed by atoms with van der Waals surface area (Å²) < 4.78 is 13.4. The van der Waals surface area contributed by atoms with Gasteiger partial charge in [0.25, 0.3) is 0 Å². The molecule has 0 atom stereocenters. The summed E-state index contributed by atoms with van der Waals surface area (Å²) in [5, 5.41) is 0. The third-order valence-corrected chi connectivity index (χ3v) is 2.78. The van der Waals surface area contributed by atoms with Crippen LogP contribution >= 0.6 is 0 Å². The van der Waals surface area contributed by atoms with Gasteiger partial charge in [-0.15, -0.1) is 0 Å². The summed E-state index contributed by atoms with van der Waals surface area (Å²) in [6.45, 7) is 2.00. The van der Waals surface area contributed by atoms with Gasteiger partial charge in [0.1, 0.15) is 12.1 Å². The molecule has 0 spiro atoms. The fourth-order valence-electron chi connectivity index (χ4n) is 1.71. The summed E-state index contributed by atoms with van der Waals surface area (Å²) in [5.74, 6) is -0.246. The highest BCUT2D eigenvalue weighted by Gasteiger charge is 2.42. The minimum atomic E-state index is -0.246. The van der Waals surface area contributed by atoms with Gasteiger partial charge < -0.3 is 0 Å². The van der Waals surface area contributed by atoms with E-state index in [1.807, 2.05) is 6.92 Å². The number of halogens is 1. The smallest absolute Gasteiger partial charge is 0.150 e. The Morgan fingerprint density at radius 3 is 2.69 bits per heavy atom. The summed E-state index contributed by atoms with van der Waals surface area (Å²) in [4.78, 5) is 10.7. The van der Waals surface area contributed by atoms with E-state index in [0.717, 1.165) is 19.1 Å². The van der Waals surface area contributed by atoms with Crippen molar-refractivity contribution < 1.29 is 9.18 Å². The summed E-state index contributed by atoms with van der Waals surface area (Å²) in [7, 11) is 0. The zero-order valence-corrected chi connectivity index (χ0v) is 7.51. The Bertz CT molecular complexity index is 353. The maximum absolute atomic E-state index is 13.4. The molecule has 1 fully saturated rings. The first-order valence-electron chi connectivity index (χ1n) is 4.41. The summed E-state index contributed by atoms with van der Waals surface area (Å²) >= 11 is 0. The first kappa shape index (κ1) is 8.42.